The molecular formula is C15H18ClN3O. The Balaban J connectivity index is 2.07. The third-order valence-electron chi connectivity index (χ3n) is 2.86. The number of halogens is 1. The molecule has 4 nitrogen and oxygen atoms in total. The largest absolute Gasteiger partial charge is 0.374 e. The maximum atomic E-state index is 11.7. The number of rotatable bonds is 5. The first-order valence-corrected chi connectivity index (χ1v) is 6.99. The molecule has 20 heavy (non-hydrogen) atoms. The highest BCUT2D eigenvalue weighted by atomic mass is 35.5. The van der Waals surface area contributed by atoms with Crippen LogP contribution < -0.4 is 10.6 Å². The fourth-order valence-electron chi connectivity index (χ4n) is 1.84. The van der Waals surface area contributed by atoms with Crippen molar-refractivity contribution in [1.82, 2.24) is 10.3 Å². The second-order valence-corrected chi connectivity index (χ2v) is 5.45. The van der Waals surface area contributed by atoms with Crippen LogP contribution in [0, 0.1) is 5.92 Å². The average molecular weight is 292 g/mol. The van der Waals surface area contributed by atoms with Gasteiger partial charge in [-0.3, -0.25) is 9.78 Å². The molecule has 0 spiro atoms. The van der Waals surface area contributed by atoms with Gasteiger partial charge in [0, 0.05) is 18.1 Å². The van der Waals surface area contributed by atoms with E-state index >= 15 is 0 Å². The van der Waals surface area contributed by atoms with Crippen LogP contribution in [0.2, 0.25) is 5.02 Å². The van der Waals surface area contributed by atoms with E-state index in [1.165, 1.54) is 0 Å². The highest BCUT2D eigenvalue weighted by Gasteiger charge is 2.07. The Labute approximate surface area is 123 Å². The van der Waals surface area contributed by atoms with E-state index in [-0.39, 0.29) is 12.5 Å². The van der Waals surface area contributed by atoms with E-state index in [4.69, 9.17) is 11.6 Å². The van der Waals surface area contributed by atoms with Crippen LogP contribution in [0.4, 0.5) is 5.69 Å². The molecule has 0 aliphatic heterocycles. The molecule has 106 valence electrons. The van der Waals surface area contributed by atoms with E-state index in [0.29, 0.717) is 17.5 Å². The number of hydrogen-bond donors (Lipinski definition) is 2. The first-order chi connectivity index (χ1) is 9.58. The minimum Gasteiger partial charge on any atom is -0.374 e. The smallest absolute Gasteiger partial charge is 0.239 e. The van der Waals surface area contributed by atoms with Crippen LogP contribution in [-0.2, 0) is 4.79 Å². The van der Waals surface area contributed by atoms with E-state index in [1.807, 2.05) is 18.2 Å². The van der Waals surface area contributed by atoms with Crippen molar-refractivity contribution < 1.29 is 4.79 Å². The maximum absolute atomic E-state index is 11.7. The van der Waals surface area contributed by atoms with Crippen molar-refractivity contribution in [2.24, 2.45) is 5.92 Å². The quantitative estimate of drug-likeness (QED) is 0.890. The minimum absolute atomic E-state index is 0.0299. The highest BCUT2D eigenvalue weighted by Crippen LogP contribution is 2.27. The Bertz CT molecular complexity index is 613. The van der Waals surface area contributed by atoms with Crippen molar-refractivity contribution in [3.05, 3.63) is 35.5 Å². The number of fused-ring (bicyclic) bond motifs is 1. The summed E-state index contributed by atoms with van der Waals surface area (Å²) in [5.74, 6) is 0.412. The number of carbonyl (C=O) groups is 1. The Kier molecular flexibility index (Phi) is 4.79. The second-order valence-electron chi connectivity index (χ2n) is 5.05. The Morgan fingerprint density at radius 3 is 2.90 bits per heavy atom. The molecule has 0 fully saturated rings. The lowest BCUT2D eigenvalue weighted by Crippen LogP contribution is -2.32. The predicted octanol–water partition coefficient (Wildman–Crippen LogP) is 3.07. The molecule has 1 aromatic heterocycles. The van der Waals surface area contributed by atoms with Crippen molar-refractivity contribution in [2.45, 2.75) is 13.8 Å². The lowest BCUT2D eigenvalue weighted by Gasteiger charge is -2.11. The number of pyridine rings is 1. The number of aromatic nitrogens is 1. The van der Waals surface area contributed by atoms with E-state index in [9.17, 15) is 4.79 Å². The van der Waals surface area contributed by atoms with E-state index in [2.05, 4.69) is 29.5 Å². The van der Waals surface area contributed by atoms with Crippen LogP contribution in [-0.4, -0.2) is 24.0 Å². The van der Waals surface area contributed by atoms with Gasteiger partial charge in [-0.15, -0.1) is 0 Å². The van der Waals surface area contributed by atoms with Gasteiger partial charge in [0.1, 0.15) is 0 Å². The monoisotopic (exact) mass is 291 g/mol. The molecule has 0 bridgehead atoms. The van der Waals surface area contributed by atoms with Crippen LogP contribution in [0.15, 0.2) is 30.5 Å². The summed E-state index contributed by atoms with van der Waals surface area (Å²) in [6.45, 7) is 5.02. The number of benzene rings is 1. The lowest BCUT2D eigenvalue weighted by atomic mass is 10.2. The Hall–Kier alpha value is -1.81. The molecule has 0 unspecified atom stereocenters. The van der Waals surface area contributed by atoms with Gasteiger partial charge in [-0.2, -0.15) is 0 Å². The molecule has 0 radical (unpaired) electrons. The predicted molar refractivity (Wildman–Crippen MR) is 83.1 cm³/mol. The van der Waals surface area contributed by atoms with Gasteiger partial charge in [0.2, 0.25) is 5.91 Å². The lowest BCUT2D eigenvalue weighted by molar-refractivity contribution is -0.119. The molecule has 1 aromatic carbocycles. The van der Waals surface area contributed by atoms with Gasteiger partial charge in [-0.25, -0.2) is 0 Å². The standard InChI is InChI=1S/C15H18ClN3O/c1-10(2)8-19-14(20)9-18-13-6-5-12(16)11-4-3-7-17-15(11)13/h3-7,10,18H,8-9H2,1-2H3,(H,19,20). The summed E-state index contributed by atoms with van der Waals surface area (Å²) in [6.07, 6.45) is 1.71. The average Bonchev–Trinajstić information content (AvgIpc) is 2.45. The van der Waals surface area contributed by atoms with E-state index in [1.54, 1.807) is 12.3 Å². The van der Waals surface area contributed by atoms with Crippen molar-refractivity contribution in [3.63, 3.8) is 0 Å². The second kappa shape index (κ2) is 6.57. The molecule has 1 heterocycles. The van der Waals surface area contributed by atoms with Crippen molar-refractivity contribution >= 4 is 34.1 Å². The van der Waals surface area contributed by atoms with Crippen LogP contribution in [0.1, 0.15) is 13.8 Å². The van der Waals surface area contributed by atoms with Gasteiger partial charge in [-0.1, -0.05) is 25.4 Å². The number of nitrogens with one attached hydrogen (secondary N) is 2. The maximum Gasteiger partial charge on any atom is 0.239 e. The number of nitrogens with zero attached hydrogens (tertiary/aromatic N) is 1. The molecule has 0 saturated carbocycles. The first kappa shape index (κ1) is 14.6. The van der Waals surface area contributed by atoms with Gasteiger partial charge < -0.3 is 10.6 Å². The molecule has 2 aromatic rings. The van der Waals surface area contributed by atoms with Crippen LogP contribution in [0.5, 0.6) is 0 Å². The summed E-state index contributed by atoms with van der Waals surface area (Å²) in [6, 6.07) is 7.40. The molecule has 0 saturated heterocycles. The summed E-state index contributed by atoms with van der Waals surface area (Å²) in [5, 5.41) is 7.50. The van der Waals surface area contributed by atoms with E-state index < -0.39 is 0 Å². The molecule has 5 heteroatoms. The van der Waals surface area contributed by atoms with Crippen LogP contribution in [0.25, 0.3) is 10.9 Å². The fourth-order valence-corrected chi connectivity index (χ4v) is 2.05. The van der Waals surface area contributed by atoms with Crippen molar-refractivity contribution in [3.8, 4) is 0 Å². The molecule has 2 N–H and O–H groups in total. The number of hydrogen-bond acceptors (Lipinski definition) is 3. The molecule has 2 rings (SSSR count). The first-order valence-electron chi connectivity index (χ1n) is 6.61. The summed E-state index contributed by atoms with van der Waals surface area (Å²) in [7, 11) is 0. The molecule has 0 atom stereocenters. The highest BCUT2D eigenvalue weighted by molar-refractivity contribution is 6.35. The minimum atomic E-state index is -0.0299. The normalized spacial score (nSPS) is 10.8. The number of amides is 1. The summed E-state index contributed by atoms with van der Waals surface area (Å²) in [5.41, 5.74) is 1.58. The molecule has 1 amide bonds. The molecule has 0 aliphatic carbocycles. The summed E-state index contributed by atoms with van der Waals surface area (Å²) < 4.78 is 0. The fraction of sp³-hybridized carbons (Fsp3) is 0.333. The zero-order valence-electron chi connectivity index (χ0n) is 11.6. The van der Waals surface area contributed by atoms with Gasteiger partial charge in [0.25, 0.3) is 0 Å². The SMILES string of the molecule is CC(C)CNC(=O)CNc1ccc(Cl)c2cccnc12. The van der Waals surface area contributed by atoms with E-state index in [0.717, 1.165) is 16.6 Å². The Morgan fingerprint density at radius 1 is 1.35 bits per heavy atom. The number of carbonyl (C=O) groups excluding carboxylic acids is 1. The van der Waals surface area contributed by atoms with Gasteiger partial charge in [-0.05, 0) is 30.2 Å². The topological polar surface area (TPSA) is 54.0 Å². The summed E-state index contributed by atoms with van der Waals surface area (Å²) in [4.78, 5) is 16.0. The van der Waals surface area contributed by atoms with Gasteiger partial charge in [0.05, 0.1) is 22.8 Å². The summed E-state index contributed by atoms with van der Waals surface area (Å²) >= 11 is 6.13. The third kappa shape index (κ3) is 3.61. The zero-order chi connectivity index (χ0) is 14.5. The molecule has 0 aliphatic rings. The van der Waals surface area contributed by atoms with Crippen LogP contribution in [0.3, 0.4) is 0 Å². The number of anilines is 1. The van der Waals surface area contributed by atoms with Crippen molar-refractivity contribution in [1.29, 1.82) is 0 Å². The van der Waals surface area contributed by atoms with Gasteiger partial charge in [0.15, 0.2) is 0 Å². The van der Waals surface area contributed by atoms with Gasteiger partial charge >= 0.3 is 0 Å². The Morgan fingerprint density at radius 2 is 2.15 bits per heavy atom. The van der Waals surface area contributed by atoms with Crippen molar-refractivity contribution in [2.75, 3.05) is 18.4 Å². The zero-order valence-corrected chi connectivity index (χ0v) is 12.4. The van der Waals surface area contributed by atoms with Crippen LogP contribution >= 0.6 is 11.6 Å². The molecular weight excluding hydrogens is 274 g/mol. The third-order valence-corrected chi connectivity index (χ3v) is 3.19.